The third kappa shape index (κ3) is 2.91. The van der Waals surface area contributed by atoms with E-state index in [4.69, 9.17) is 0 Å². The molecule has 1 aromatic rings. The van der Waals surface area contributed by atoms with E-state index < -0.39 is 0 Å². The van der Waals surface area contributed by atoms with E-state index in [2.05, 4.69) is 11.7 Å². The minimum Gasteiger partial charge on any atom is -0.238 e. The van der Waals surface area contributed by atoms with Crippen molar-refractivity contribution in [3.63, 3.8) is 0 Å². The van der Waals surface area contributed by atoms with Crippen LogP contribution in [-0.4, -0.2) is 9.78 Å². The monoisotopic (exact) mass is 206 g/mol. The summed E-state index contributed by atoms with van der Waals surface area (Å²) in [5.74, 6) is -0.240. The Balaban J connectivity index is 3.13. The van der Waals surface area contributed by atoms with Gasteiger partial charge in [-0.15, -0.1) is 0 Å². The standard InChI is InChI=1S/C12H15FN2/c1-5-12(7-6-9(2)13)15-11(4)8-10(3)14-15/h5-8H,1H2,2-4H3/b9-6+,12-7+. The molecule has 0 bridgehead atoms. The molecule has 0 N–H and O–H groups in total. The fraction of sp³-hybridized carbons (Fsp3) is 0.250. The molecule has 0 aliphatic rings. The van der Waals surface area contributed by atoms with Gasteiger partial charge in [0.05, 0.1) is 17.2 Å². The first-order valence-electron chi connectivity index (χ1n) is 4.74. The molecule has 1 aromatic heterocycles. The molecule has 0 fully saturated rings. The fourth-order valence-electron chi connectivity index (χ4n) is 1.32. The lowest BCUT2D eigenvalue weighted by molar-refractivity contribution is 0.640. The molecular formula is C12H15FN2. The number of rotatable bonds is 3. The Morgan fingerprint density at radius 3 is 2.53 bits per heavy atom. The van der Waals surface area contributed by atoms with E-state index in [1.54, 1.807) is 16.8 Å². The predicted molar refractivity (Wildman–Crippen MR) is 61.0 cm³/mol. The second-order valence-electron chi connectivity index (χ2n) is 3.39. The summed E-state index contributed by atoms with van der Waals surface area (Å²) in [4.78, 5) is 0. The van der Waals surface area contributed by atoms with Crippen molar-refractivity contribution in [2.24, 2.45) is 0 Å². The molecule has 0 saturated carbocycles. The summed E-state index contributed by atoms with van der Waals surface area (Å²) in [6, 6.07) is 1.96. The molecule has 0 aliphatic carbocycles. The van der Waals surface area contributed by atoms with Gasteiger partial charge >= 0.3 is 0 Å². The van der Waals surface area contributed by atoms with Gasteiger partial charge in [-0.05, 0) is 45.1 Å². The van der Waals surface area contributed by atoms with Gasteiger partial charge in [0, 0.05) is 5.69 Å². The molecule has 15 heavy (non-hydrogen) atoms. The van der Waals surface area contributed by atoms with E-state index in [9.17, 15) is 4.39 Å². The second kappa shape index (κ2) is 4.73. The maximum Gasteiger partial charge on any atom is 0.0969 e. The number of nitrogens with zero attached hydrogens (tertiary/aromatic N) is 2. The van der Waals surface area contributed by atoms with E-state index in [-0.39, 0.29) is 5.83 Å². The summed E-state index contributed by atoms with van der Waals surface area (Å²) in [5, 5.41) is 4.28. The van der Waals surface area contributed by atoms with Crippen molar-refractivity contribution in [1.29, 1.82) is 0 Å². The summed E-state index contributed by atoms with van der Waals surface area (Å²) in [6.07, 6.45) is 4.70. The molecule has 0 aromatic carbocycles. The largest absolute Gasteiger partial charge is 0.238 e. The van der Waals surface area contributed by atoms with Gasteiger partial charge in [-0.25, -0.2) is 9.07 Å². The Kier molecular flexibility index (Phi) is 3.61. The third-order valence-corrected chi connectivity index (χ3v) is 1.95. The first kappa shape index (κ1) is 11.4. The van der Waals surface area contributed by atoms with E-state index in [1.807, 2.05) is 19.9 Å². The normalized spacial score (nSPS) is 13.1. The molecule has 2 nitrogen and oxygen atoms in total. The van der Waals surface area contributed by atoms with Gasteiger partial charge in [0.15, 0.2) is 0 Å². The van der Waals surface area contributed by atoms with Gasteiger partial charge in [0.1, 0.15) is 0 Å². The van der Waals surface area contributed by atoms with Crippen molar-refractivity contribution < 1.29 is 4.39 Å². The van der Waals surface area contributed by atoms with Crippen LogP contribution in [0.2, 0.25) is 0 Å². The number of allylic oxidation sites excluding steroid dienone is 5. The molecule has 0 amide bonds. The topological polar surface area (TPSA) is 17.8 Å². The van der Waals surface area contributed by atoms with Crippen molar-refractivity contribution in [1.82, 2.24) is 9.78 Å². The molecule has 0 atom stereocenters. The lowest BCUT2D eigenvalue weighted by Crippen LogP contribution is -1.99. The molecule has 0 aliphatic heterocycles. The second-order valence-corrected chi connectivity index (χ2v) is 3.39. The summed E-state index contributed by atoms with van der Waals surface area (Å²) < 4.78 is 14.3. The van der Waals surface area contributed by atoms with Crippen LogP contribution in [0.25, 0.3) is 5.70 Å². The van der Waals surface area contributed by atoms with Gasteiger partial charge in [-0.1, -0.05) is 6.58 Å². The SMILES string of the molecule is C=C/C(=C\C=C(/C)F)n1nc(C)cc1C. The zero-order valence-corrected chi connectivity index (χ0v) is 9.29. The number of aromatic nitrogens is 2. The van der Waals surface area contributed by atoms with Gasteiger partial charge in [-0.3, -0.25) is 0 Å². The zero-order chi connectivity index (χ0) is 11.4. The number of hydrogen-bond donors (Lipinski definition) is 0. The molecule has 0 spiro atoms. The Morgan fingerprint density at radius 2 is 2.13 bits per heavy atom. The van der Waals surface area contributed by atoms with Crippen LogP contribution in [-0.2, 0) is 0 Å². The molecule has 3 heteroatoms. The van der Waals surface area contributed by atoms with Crippen LogP contribution < -0.4 is 0 Å². The first-order valence-corrected chi connectivity index (χ1v) is 4.74. The molecule has 0 unspecified atom stereocenters. The average Bonchev–Trinajstić information content (AvgIpc) is 2.46. The highest BCUT2D eigenvalue weighted by Gasteiger charge is 2.02. The highest BCUT2D eigenvalue weighted by molar-refractivity contribution is 5.58. The number of halogens is 1. The van der Waals surface area contributed by atoms with Crippen LogP contribution in [0.4, 0.5) is 4.39 Å². The maximum atomic E-state index is 12.6. The van der Waals surface area contributed by atoms with Gasteiger partial charge in [-0.2, -0.15) is 5.10 Å². The van der Waals surface area contributed by atoms with Gasteiger partial charge in [0.2, 0.25) is 0 Å². The molecule has 0 saturated heterocycles. The number of hydrogen-bond acceptors (Lipinski definition) is 1. The summed E-state index contributed by atoms with van der Waals surface area (Å²) in [7, 11) is 0. The minimum absolute atomic E-state index is 0.240. The van der Waals surface area contributed by atoms with E-state index in [0.717, 1.165) is 17.1 Å². The fourth-order valence-corrected chi connectivity index (χ4v) is 1.32. The molecule has 1 rings (SSSR count). The lowest BCUT2D eigenvalue weighted by atomic mass is 10.3. The third-order valence-electron chi connectivity index (χ3n) is 1.95. The van der Waals surface area contributed by atoms with Crippen molar-refractivity contribution in [3.05, 3.63) is 48.1 Å². The minimum atomic E-state index is -0.240. The van der Waals surface area contributed by atoms with Crippen LogP contribution in [0.1, 0.15) is 18.3 Å². The Labute approximate surface area is 89.4 Å². The summed E-state index contributed by atoms with van der Waals surface area (Å²) in [5.41, 5.74) is 2.70. The molecule has 1 heterocycles. The van der Waals surface area contributed by atoms with Crippen LogP contribution in [0.5, 0.6) is 0 Å². The van der Waals surface area contributed by atoms with E-state index in [0.29, 0.717) is 0 Å². The predicted octanol–water partition coefficient (Wildman–Crippen LogP) is 3.40. The molecule has 80 valence electrons. The van der Waals surface area contributed by atoms with Crippen molar-refractivity contribution >= 4 is 5.70 Å². The molecule has 0 radical (unpaired) electrons. The average molecular weight is 206 g/mol. The summed E-state index contributed by atoms with van der Waals surface area (Å²) in [6.45, 7) is 8.95. The highest BCUT2D eigenvalue weighted by Crippen LogP contribution is 2.11. The lowest BCUT2D eigenvalue weighted by Gasteiger charge is -2.03. The van der Waals surface area contributed by atoms with Gasteiger partial charge in [0.25, 0.3) is 0 Å². The summed E-state index contributed by atoms with van der Waals surface area (Å²) >= 11 is 0. The Bertz CT molecular complexity index is 421. The van der Waals surface area contributed by atoms with Crippen LogP contribution in [0.3, 0.4) is 0 Å². The zero-order valence-electron chi connectivity index (χ0n) is 9.29. The van der Waals surface area contributed by atoms with Crippen LogP contribution in [0.15, 0.2) is 36.7 Å². The van der Waals surface area contributed by atoms with Crippen LogP contribution >= 0.6 is 0 Å². The smallest absolute Gasteiger partial charge is 0.0969 e. The van der Waals surface area contributed by atoms with E-state index >= 15 is 0 Å². The quantitative estimate of drug-likeness (QED) is 0.693. The Hall–Kier alpha value is -1.64. The highest BCUT2D eigenvalue weighted by atomic mass is 19.1. The maximum absolute atomic E-state index is 12.6. The van der Waals surface area contributed by atoms with Crippen molar-refractivity contribution in [2.45, 2.75) is 20.8 Å². The van der Waals surface area contributed by atoms with Crippen molar-refractivity contribution in [2.75, 3.05) is 0 Å². The van der Waals surface area contributed by atoms with Crippen molar-refractivity contribution in [3.8, 4) is 0 Å². The molecular weight excluding hydrogens is 191 g/mol. The number of aryl methyl sites for hydroxylation is 2. The van der Waals surface area contributed by atoms with Gasteiger partial charge < -0.3 is 0 Å². The van der Waals surface area contributed by atoms with Crippen LogP contribution in [0, 0.1) is 13.8 Å². The Morgan fingerprint density at radius 1 is 1.47 bits per heavy atom. The van der Waals surface area contributed by atoms with E-state index in [1.165, 1.54) is 13.0 Å². The first-order chi connectivity index (χ1) is 7.04.